The largest absolute Gasteiger partial charge is 0.349 e. The van der Waals surface area contributed by atoms with E-state index in [1.54, 1.807) is 12.3 Å². The molecule has 16 heavy (non-hydrogen) atoms. The molecule has 2 heterocycles. The van der Waals surface area contributed by atoms with Crippen LogP contribution in [0, 0.1) is 0 Å². The first-order chi connectivity index (χ1) is 7.62. The number of carbonyl (C=O) groups excluding carboxylic acids is 1. The summed E-state index contributed by atoms with van der Waals surface area (Å²) in [4.78, 5) is 15.3. The molecule has 0 aromatic carbocycles. The topological polar surface area (TPSA) is 54.0 Å². The van der Waals surface area contributed by atoms with Gasteiger partial charge in [0.05, 0.1) is 5.02 Å². The Morgan fingerprint density at radius 2 is 2.44 bits per heavy atom. The molecule has 1 amide bonds. The first kappa shape index (κ1) is 11.3. The molecular formula is C10H11ClFN3O. The lowest BCUT2D eigenvalue weighted by atomic mass is 9.98. The number of nitrogens with one attached hydrogen (secondary N) is 2. The zero-order valence-electron chi connectivity index (χ0n) is 8.46. The van der Waals surface area contributed by atoms with Crippen molar-refractivity contribution in [2.45, 2.75) is 12.2 Å². The maximum absolute atomic E-state index is 13.6. The number of rotatable bonds is 3. The first-order valence-corrected chi connectivity index (χ1v) is 5.26. The summed E-state index contributed by atoms with van der Waals surface area (Å²) in [6.45, 7) is 0.359. The molecule has 2 rings (SSSR count). The van der Waals surface area contributed by atoms with Crippen molar-refractivity contribution in [3.8, 4) is 0 Å². The highest BCUT2D eigenvalue weighted by molar-refractivity contribution is 6.31. The monoisotopic (exact) mass is 243 g/mol. The van der Waals surface area contributed by atoms with Gasteiger partial charge in [-0.15, -0.1) is 0 Å². The van der Waals surface area contributed by atoms with Gasteiger partial charge in [0.2, 0.25) is 5.67 Å². The first-order valence-electron chi connectivity index (χ1n) is 4.88. The fourth-order valence-electron chi connectivity index (χ4n) is 1.39. The third-order valence-electron chi connectivity index (χ3n) is 2.51. The van der Waals surface area contributed by atoms with Crippen molar-refractivity contribution in [1.82, 2.24) is 15.6 Å². The van der Waals surface area contributed by atoms with E-state index in [0.717, 1.165) is 5.56 Å². The number of pyridine rings is 1. The number of carbonyl (C=O) groups is 1. The highest BCUT2D eigenvalue weighted by Gasteiger charge is 2.44. The van der Waals surface area contributed by atoms with E-state index in [-0.39, 0.29) is 19.6 Å². The lowest BCUT2D eigenvalue weighted by molar-refractivity contribution is -0.136. The van der Waals surface area contributed by atoms with Crippen molar-refractivity contribution in [2.75, 3.05) is 13.1 Å². The molecule has 0 aliphatic carbocycles. The second-order valence-electron chi connectivity index (χ2n) is 3.72. The Morgan fingerprint density at radius 3 is 3.00 bits per heavy atom. The quantitative estimate of drug-likeness (QED) is 0.820. The molecule has 0 atom stereocenters. The molecule has 0 radical (unpaired) electrons. The molecule has 1 aliphatic heterocycles. The summed E-state index contributed by atoms with van der Waals surface area (Å²) in [6, 6.07) is 1.69. The van der Waals surface area contributed by atoms with Gasteiger partial charge in [-0.2, -0.15) is 0 Å². The predicted molar refractivity (Wildman–Crippen MR) is 57.8 cm³/mol. The molecule has 0 bridgehead atoms. The molecule has 1 saturated heterocycles. The Hall–Kier alpha value is -1.20. The van der Waals surface area contributed by atoms with E-state index >= 15 is 0 Å². The van der Waals surface area contributed by atoms with E-state index in [4.69, 9.17) is 11.6 Å². The third-order valence-corrected chi connectivity index (χ3v) is 2.85. The minimum atomic E-state index is -1.76. The van der Waals surface area contributed by atoms with Crippen molar-refractivity contribution in [2.24, 2.45) is 0 Å². The molecule has 86 valence electrons. The Bertz CT molecular complexity index is 409. The molecule has 1 aromatic rings. The van der Waals surface area contributed by atoms with Crippen molar-refractivity contribution >= 4 is 17.5 Å². The summed E-state index contributed by atoms with van der Waals surface area (Å²) < 4.78 is 13.6. The van der Waals surface area contributed by atoms with Crippen LogP contribution in [0.4, 0.5) is 4.39 Å². The molecule has 2 N–H and O–H groups in total. The fourth-order valence-corrected chi connectivity index (χ4v) is 1.57. The number of hydrogen-bond acceptors (Lipinski definition) is 3. The molecule has 1 fully saturated rings. The Kier molecular flexibility index (Phi) is 3.07. The van der Waals surface area contributed by atoms with Crippen LogP contribution in [-0.4, -0.2) is 29.6 Å². The molecule has 6 heteroatoms. The van der Waals surface area contributed by atoms with Crippen molar-refractivity contribution in [3.63, 3.8) is 0 Å². The summed E-state index contributed by atoms with van der Waals surface area (Å²) in [5.74, 6) is -0.598. The summed E-state index contributed by atoms with van der Waals surface area (Å²) in [7, 11) is 0. The second-order valence-corrected chi connectivity index (χ2v) is 4.13. The van der Waals surface area contributed by atoms with Crippen LogP contribution < -0.4 is 10.6 Å². The summed E-state index contributed by atoms with van der Waals surface area (Å²) in [6.07, 6.45) is 3.06. The number of halogens is 2. The smallest absolute Gasteiger partial charge is 0.260 e. The number of aromatic nitrogens is 1. The van der Waals surface area contributed by atoms with E-state index in [1.807, 2.05) is 0 Å². The molecule has 0 saturated carbocycles. The second kappa shape index (κ2) is 4.35. The predicted octanol–water partition coefficient (Wildman–Crippen LogP) is 0.663. The number of amides is 1. The molecule has 0 spiro atoms. The van der Waals surface area contributed by atoms with Crippen LogP contribution in [0.5, 0.6) is 0 Å². The maximum atomic E-state index is 13.6. The van der Waals surface area contributed by atoms with Crippen LogP contribution >= 0.6 is 11.6 Å². The SMILES string of the molecule is O=C(NCc1ccncc1Cl)C1(F)CNC1. The molecule has 4 nitrogen and oxygen atoms in total. The number of alkyl halides is 1. The van der Waals surface area contributed by atoms with Crippen LogP contribution in [0.2, 0.25) is 5.02 Å². The van der Waals surface area contributed by atoms with Crippen LogP contribution in [0.15, 0.2) is 18.5 Å². The average Bonchev–Trinajstić information content (AvgIpc) is 2.24. The van der Waals surface area contributed by atoms with Crippen molar-refractivity contribution in [3.05, 3.63) is 29.0 Å². The third kappa shape index (κ3) is 2.15. The molecule has 1 aromatic heterocycles. The molecule has 0 unspecified atom stereocenters. The van der Waals surface area contributed by atoms with Gasteiger partial charge < -0.3 is 10.6 Å². The van der Waals surface area contributed by atoms with Gasteiger partial charge in [0.25, 0.3) is 5.91 Å². The Labute approximate surface area is 97.2 Å². The minimum Gasteiger partial charge on any atom is -0.349 e. The van der Waals surface area contributed by atoms with Gasteiger partial charge in [-0.3, -0.25) is 9.78 Å². The summed E-state index contributed by atoms with van der Waals surface area (Å²) >= 11 is 5.85. The van der Waals surface area contributed by atoms with Crippen molar-refractivity contribution in [1.29, 1.82) is 0 Å². The zero-order valence-corrected chi connectivity index (χ0v) is 9.22. The maximum Gasteiger partial charge on any atom is 0.260 e. The normalized spacial score (nSPS) is 17.6. The standard InChI is InChI=1S/C10H11ClFN3O/c11-8-4-13-2-1-7(8)3-15-9(16)10(12)5-14-6-10/h1-2,4,14H,3,5-6H2,(H,15,16). The van der Waals surface area contributed by atoms with E-state index in [2.05, 4.69) is 15.6 Å². The van der Waals surface area contributed by atoms with Gasteiger partial charge in [-0.1, -0.05) is 11.6 Å². The average molecular weight is 244 g/mol. The lowest BCUT2D eigenvalue weighted by Gasteiger charge is -2.33. The zero-order chi connectivity index (χ0) is 11.6. The van der Waals surface area contributed by atoms with E-state index in [0.29, 0.717) is 5.02 Å². The van der Waals surface area contributed by atoms with Gasteiger partial charge >= 0.3 is 0 Å². The Balaban J connectivity index is 1.93. The fraction of sp³-hybridized carbons (Fsp3) is 0.400. The van der Waals surface area contributed by atoms with Gasteiger partial charge in [-0.05, 0) is 11.6 Å². The Morgan fingerprint density at radius 1 is 1.69 bits per heavy atom. The number of hydrogen-bond donors (Lipinski definition) is 2. The van der Waals surface area contributed by atoms with Crippen molar-refractivity contribution < 1.29 is 9.18 Å². The van der Waals surface area contributed by atoms with Crippen LogP contribution in [0.25, 0.3) is 0 Å². The lowest BCUT2D eigenvalue weighted by Crippen LogP contribution is -2.64. The van der Waals surface area contributed by atoms with Crippen LogP contribution in [0.1, 0.15) is 5.56 Å². The molecule has 1 aliphatic rings. The van der Waals surface area contributed by atoms with Gasteiger partial charge in [0.1, 0.15) is 0 Å². The van der Waals surface area contributed by atoms with E-state index in [1.165, 1.54) is 6.20 Å². The van der Waals surface area contributed by atoms with Gasteiger partial charge in [-0.25, -0.2) is 4.39 Å². The van der Waals surface area contributed by atoms with Crippen LogP contribution in [0.3, 0.4) is 0 Å². The van der Waals surface area contributed by atoms with Gasteiger partial charge in [0.15, 0.2) is 0 Å². The highest BCUT2D eigenvalue weighted by atomic mass is 35.5. The summed E-state index contributed by atoms with van der Waals surface area (Å²) in [5.41, 5.74) is -1.04. The minimum absolute atomic E-state index is 0.0723. The summed E-state index contributed by atoms with van der Waals surface area (Å²) in [5, 5.41) is 5.70. The van der Waals surface area contributed by atoms with Gasteiger partial charge in [0, 0.05) is 32.0 Å². The number of nitrogens with zero attached hydrogens (tertiary/aromatic N) is 1. The van der Waals surface area contributed by atoms with E-state index < -0.39 is 11.6 Å². The van der Waals surface area contributed by atoms with E-state index in [9.17, 15) is 9.18 Å². The molecular weight excluding hydrogens is 233 g/mol. The highest BCUT2D eigenvalue weighted by Crippen LogP contribution is 2.17. The van der Waals surface area contributed by atoms with Crippen LogP contribution in [-0.2, 0) is 11.3 Å².